The van der Waals surface area contributed by atoms with E-state index in [1.54, 1.807) is 18.2 Å². The molecule has 1 aliphatic rings. The number of cyclic esters (lactones) is 1. The van der Waals surface area contributed by atoms with Crippen LogP contribution in [-0.4, -0.2) is 11.9 Å². The Hall–Kier alpha value is -4.18. The molecule has 5 rings (SSSR count). The van der Waals surface area contributed by atoms with Crippen molar-refractivity contribution >= 4 is 17.6 Å². The minimum atomic E-state index is -0.356. The lowest BCUT2D eigenvalue weighted by Gasteiger charge is -2.25. The Balaban J connectivity index is 1.37. The van der Waals surface area contributed by atoms with Crippen LogP contribution in [0.4, 0.5) is 5.69 Å². The summed E-state index contributed by atoms with van der Waals surface area (Å²) >= 11 is 0. The first-order valence-corrected chi connectivity index (χ1v) is 11.0. The standard InChI is InChI=1S/C29H23NO3/c31-28(30-26-14-8-7-13-22(26)17-20-9-3-1-4-10-20)23-15-16-25-24(18-23)19-27(33-29(25)32)21-11-5-2-6-12-21/h1-16,18,27H,17,19H2,(H,30,31). The van der Waals surface area contributed by atoms with Crippen LogP contribution in [0.15, 0.2) is 103 Å². The first-order chi connectivity index (χ1) is 16.2. The zero-order valence-corrected chi connectivity index (χ0v) is 18.0. The molecule has 162 valence electrons. The van der Waals surface area contributed by atoms with Crippen LogP contribution >= 0.6 is 0 Å². The van der Waals surface area contributed by atoms with Crippen molar-refractivity contribution in [2.75, 3.05) is 5.32 Å². The van der Waals surface area contributed by atoms with E-state index in [2.05, 4.69) is 17.4 Å². The van der Waals surface area contributed by atoms with Crippen LogP contribution in [-0.2, 0) is 17.6 Å². The van der Waals surface area contributed by atoms with Crippen LogP contribution in [0.2, 0.25) is 0 Å². The van der Waals surface area contributed by atoms with E-state index >= 15 is 0 Å². The molecule has 4 aromatic rings. The van der Waals surface area contributed by atoms with Gasteiger partial charge in [-0.25, -0.2) is 4.79 Å². The van der Waals surface area contributed by atoms with Gasteiger partial charge in [-0.2, -0.15) is 0 Å². The van der Waals surface area contributed by atoms with Gasteiger partial charge in [-0.3, -0.25) is 4.79 Å². The largest absolute Gasteiger partial charge is 0.454 e. The van der Waals surface area contributed by atoms with Crippen LogP contribution in [0.5, 0.6) is 0 Å². The van der Waals surface area contributed by atoms with Crippen molar-refractivity contribution in [2.45, 2.75) is 18.9 Å². The Labute approximate surface area is 192 Å². The number of carbonyl (C=O) groups excluding carboxylic acids is 2. The molecule has 0 saturated heterocycles. The van der Waals surface area contributed by atoms with Crippen LogP contribution in [0.1, 0.15) is 49.1 Å². The summed E-state index contributed by atoms with van der Waals surface area (Å²) in [5, 5.41) is 3.05. The van der Waals surface area contributed by atoms with Crippen LogP contribution in [0, 0.1) is 0 Å². The number of hydrogen-bond donors (Lipinski definition) is 1. The van der Waals surface area contributed by atoms with E-state index in [0.717, 1.165) is 28.8 Å². The van der Waals surface area contributed by atoms with Gasteiger partial charge < -0.3 is 10.1 Å². The monoisotopic (exact) mass is 433 g/mol. The molecule has 0 aliphatic carbocycles. The van der Waals surface area contributed by atoms with E-state index in [0.29, 0.717) is 17.5 Å². The Morgan fingerprint density at radius 1 is 0.848 bits per heavy atom. The summed E-state index contributed by atoms with van der Waals surface area (Å²) in [7, 11) is 0. The number of anilines is 1. The van der Waals surface area contributed by atoms with E-state index in [1.165, 1.54) is 5.56 Å². The molecule has 1 aliphatic heterocycles. The number of fused-ring (bicyclic) bond motifs is 1. The third-order valence-electron chi connectivity index (χ3n) is 5.92. The quantitative estimate of drug-likeness (QED) is 0.394. The Morgan fingerprint density at radius 3 is 2.33 bits per heavy atom. The van der Waals surface area contributed by atoms with Gasteiger partial charge in [-0.1, -0.05) is 78.9 Å². The predicted octanol–water partition coefficient (Wildman–Crippen LogP) is 5.98. The molecule has 0 bridgehead atoms. The fraction of sp³-hybridized carbons (Fsp3) is 0.103. The smallest absolute Gasteiger partial charge is 0.339 e. The van der Waals surface area contributed by atoms with Crippen molar-refractivity contribution in [3.8, 4) is 0 Å². The van der Waals surface area contributed by atoms with E-state index in [-0.39, 0.29) is 18.0 Å². The van der Waals surface area contributed by atoms with Crippen LogP contribution in [0.3, 0.4) is 0 Å². The second-order valence-electron chi connectivity index (χ2n) is 8.15. The molecule has 1 N–H and O–H groups in total. The van der Waals surface area contributed by atoms with E-state index < -0.39 is 0 Å². The fourth-order valence-electron chi connectivity index (χ4n) is 4.20. The van der Waals surface area contributed by atoms with Gasteiger partial charge in [0.1, 0.15) is 6.10 Å². The Kier molecular flexibility index (Phi) is 5.73. The second-order valence-corrected chi connectivity index (χ2v) is 8.15. The molecule has 4 nitrogen and oxygen atoms in total. The van der Waals surface area contributed by atoms with Crippen molar-refractivity contribution in [1.29, 1.82) is 0 Å². The summed E-state index contributed by atoms with van der Waals surface area (Å²) < 4.78 is 5.63. The molecule has 0 spiro atoms. The molecule has 33 heavy (non-hydrogen) atoms. The molecule has 0 saturated carbocycles. The molecule has 4 aromatic carbocycles. The van der Waals surface area contributed by atoms with Gasteiger partial charge in [0.25, 0.3) is 5.91 Å². The van der Waals surface area contributed by atoms with Crippen molar-refractivity contribution in [3.05, 3.63) is 137 Å². The van der Waals surface area contributed by atoms with Gasteiger partial charge in [-0.05, 0) is 52.9 Å². The second kappa shape index (κ2) is 9.13. The highest BCUT2D eigenvalue weighted by molar-refractivity contribution is 6.05. The first kappa shape index (κ1) is 20.7. The number of para-hydroxylation sites is 1. The third kappa shape index (κ3) is 4.55. The molecule has 1 atom stereocenters. The molecule has 0 radical (unpaired) electrons. The summed E-state index contributed by atoms with van der Waals surface area (Å²) in [4.78, 5) is 25.6. The molecule has 1 unspecified atom stereocenters. The zero-order chi connectivity index (χ0) is 22.6. The lowest BCUT2D eigenvalue weighted by atomic mass is 9.93. The Bertz CT molecular complexity index is 1300. The number of benzene rings is 4. The average Bonchev–Trinajstić information content (AvgIpc) is 2.86. The van der Waals surface area contributed by atoms with Gasteiger partial charge in [0.05, 0.1) is 5.56 Å². The average molecular weight is 434 g/mol. The van der Waals surface area contributed by atoms with E-state index in [4.69, 9.17) is 4.74 Å². The number of ether oxygens (including phenoxy) is 1. The summed E-state index contributed by atoms with van der Waals surface area (Å²) in [6.45, 7) is 0. The van der Waals surface area contributed by atoms with Crippen molar-refractivity contribution in [3.63, 3.8) is 0 Å². The molecule has 0 aromatic heterocycles. The topological polar surface area (TPSA) is 55.4 Å². The number of carbonyl (C=O) groups is 2. The highest BCUT2D eigenvalue weighted by Gasteiger charge is 2.28. The first-order valence-electron chi connectivity index (χ1n) is 11.0. The minimum absolute atomic E-state index is 0.200. The van der Waals surface area contributed by atoms with Crippen LogP contribution in [0.25, 0.3) is 0 Å². The lowest BCUT2D eigenvalue weighted by molar-refractivity contribution is 0.0252. The number of rotatable bonds is 5. The predicted molar refractivity (Wildman–Crippen MR) is 128 cm³/mol. The number of nitrogens with one attached hydrogen (secondary N) is 1. The molecule has 1 heterocycles. The lowest BCUT2D eigenvalue weighted by Crippen LogP contribution is -2.23. The minimum Gasteiger partial charge on any atom is -0.454 e. The molecular formula is C29H23NO3. The summed E-state index contributed by atoms with van der Waals surface area (Å²) in [6.07, 6.45) is 0.916. The Morgan fingerprint density at radius 2 is 1.55 bits per heavy atom. The maximum atomic E-state index is 13.1. The fourth-order valence-corrected chi connectivity index (χ4v) is 4.20. The maximum Gasteiger partial charge on any atom is 0.339 e. The van der Waals surface area contributed by atoms with Gasteiger partial charge in [0, 0.05) is 17.7 Å². The van der Waals surface area contributed by atoms with E-state index in [9.17, 15) is 9.59 Å². The molecular weight excluding hydrogens is 410 g/mol. The van der Waals surface area contributed by atoms with Crippen molar-refractivity contribution in [2.24, 2.45) is 0 Å². The normalized spacial score (nSPS) is 14.8. The third-order valence-corrected chi connectivity index (χ3v) is 5.92. The van der Waals surface area contributed by atoms with Crippen molar-refractivity contribution < 1.29 is 14.3 Å². The molecule has 1 amide bonds. The molecule has 4 heteroatoms. The van der Waals surface area contributed by atoms with Gasteiger partial charge >= 0.3 is 5.97 Å². The summed E-state index contributed by atoms with van der Waals surface area (Å²) in [5.74, 6) is -0.557. The highest BCUT2D eigenvalue weighted by atomic mass is 16.5. The van der Waals surface area contributed by atoms with Crippen LogP contribution < -0.4 is 5.32 Å². The van der Waals surface area contributed by atoms with Gasteiger partial charge in [0.15, 0.2) is 0 Å². The highest BCUT2D eigenvalue weighted by Crippen LogP contribution is 2.31. The van der Waals surface area contributed by atoms with E-state index in [1.807, 2.05) is 72.8 Å². The van der Waals surface area contributed by atoms with Crippen molar-refractivity contribution in [1.82, 2.24) is 0 Å². The maximum absolute atomic E-state index is 13.1. The SMILES string of the molecule is O=C(Nc1ccccc1Cc1ccccc1)c1ccc2c(c1)CC(c1ccccc1)OC2=O. The molecule has 0 fully saturated rings. The number of esters is 1. The van der Waals surface area contributed by atoms with Gasteiger partial charge in [0.2, 0.25) is 0 Å². The van der Waals surface area contributed by atoms with Gasteiger partial charge in [-0.15, -0.1) is 0 Å². The number of amides is 1. The zero-order valence-electron chi connectivity index (χ0n) is 18.0. The summed E-state index contributed by atoms with van der Waals surface area (Å²) in [6, 6.07) is 32.8. The summed E-state index contributed by atoms with van der Waals surface area (Å²) in [5.41, 5.74) is 5.81. The number of hydrogen-bond acceptors (Lipinski definition) is 3.